The van der Waals surface area contributed by atoms with Crippen LogP contribution in [0.4, 0.5) is 0 Å². The first-order valence-electron chi connectivity index (χ1n) is 10.1. The Hall–Kier alpha value is -1.59. The van der Waals surface area contributed by atoms with Crippen LogP contribution in [-0.4, -0.2) is 68.1 Å². The van der Waals surface area contributed by atoms with Gasteiger partial charge in [-0.25, -0.2) is 0 Å². The summed E-state index contributed by atoms with van der Waals surface area (Å²) in [4.78, 5) is 17.6. The number of hydrogen-bond donors (Lipinski definition) is 1. The van der Waals surface area contributed by atoms with Gasteiger partial charge >= 0.3 is 0 Å². The van der Waals surface area contributed by atoms with E-state index in [4.69, 9.17) is 4.74 Å². The van der Waals surface area contributed by atoms with Gasteiger partial charge in [0.1, 0.15) is 5.75 Å². The maximum absolute atomic E-state index is 12.9. The molecule has 1 amide bonds. The van der Waals surface area contributed by atoms with Crippen molar-refractivity contribution < 1.29 is 9.53 Å². The first-order valence-corrected chi connectivity index (χ1v) is 10.1. The number of benzene rings is 1. The molecular formula is C21H31N3O2. The van der Waals surface area contributed by atoms with Crippen LogP contribution in [0.3, 0.4) is 0 Å². The van der Waals surface area contributed by atoms with Gasteiger partial charge < -0.3 is 15.0 Å². The highest BCUT2D eigenvalue weighted by atomic mass is 16.5. The van der Waals surface area contributed by atoms with E-state index < -0.39 is 0 Å². The fourth-order valence-corrected chi connectivity index (χ4v) is 4.88. The van der Waals surface area contributed by atoms with Gasteiger partial charge in [0.2, 0.25) is 5.91 Å². The van der Waals surface area contributed by atoms with E-state index in [-0.39, 0.29) is 0 Å². The molecule has 142 valence electrons. The van der Waals surface area contributed by atoms with Crippen LogP contribution in [0, 0.1) is 0 Å². The number of fused-ring (bicyclic) bond motifs is 1. The molecule has 4 rings (SSSR count). The summed E-state index contributed by atoms with van der Waals surface area (Å²) in [5, 5.41) is 3.41. The van der Waals surface area contributed by atoms with E-state index in [9.17, 15) is 4.79 Å². The number of piperazine rings is 1. The number of nitrogens with zero attached hydrogens (tertiary/aromatic N) is 2. The summed E-state index contributed by atoms with van der Waals surface area (Å²) in [7, 11) is 1.72. The van der Waals surface area contributed by atoms with E-state index in [1.54, 1.807) is 7.11 Å². The Kier molecular flexibility index (Phi) is 5.46. The first-order chi connectivity index (χ1) is 12.7. The maximum Gasteiger partial charge on any atom is 0.223 e. The molecule has 2 aliphatic heterocycles. The molecule has 5 nitrogen and oxygen atoms in total. The average Bonchev–Trinajstić information content (AvgIpc) is 3.19. The average molecular weight is 357 g/mol. The van der Waals surface area contributed by atoms with Gasteiger partial charge in [-0.2, -0.15) is 0 Å². The summed E-state index contributed by atoms with van der Waals surface area (Å²) < 4.78 is 5.36. The lowest BCUT2D eigenvalue weighted by molar-refractivity contribution is -0.130. The predicted octanol–water partition coefficient (Wildman–Crippen LogP) is 2.01. The lowest BCUT2D eigenvalue weighted by Gasteiger charge is -2.32. The Labute approximate surface area is 156 Å². The largest absolute Gasteiger partial charge is 0.497 e. The molecule has 0 bridgehead atoms. The summed E-state index contributed by atoms with van der Waals surface area (Å²) >= 11 is 0. The summed E-state index contributed by atoms with van der Waals surface area (Å²) in [6.45, 7) is 6.23. The standard InChI is InChI=1S/C21H31N3O2/c1-26-19-5-6-20-16(13-19)3-2-4-17(20)14-21(25)24-10-7-18(15-24)23-11-8-22-9-12-23/h5-6,13,17-18,22H,2-4,7-12,14-15H2,1H3. The summed E-state index contributed by atoms with van der Waals surface area (Å²) in [5.74, 6) is 1.64. The fraction of sp³-hybridized carbons (Fsp3) is 0.667. The monoisotopic (exact) mass is 357 g/mol. The molecule has 1 N–H and O–H groups in total. The molecule has 1 aromatic carbocycles. The first kappa shape index (κ1) is 17.8. The van der Waals surface area contributed by atoms with Crippen molar-refractivity contribution >= 4 is 5.91 Å². The molecule has 2 heterocycles. The minimum Gasteiger partial charge on any atom is -0.497 e. The van der Waals surface area contributed by atoms with Gasteiger partial charge in [-0.1, -0.05) is 6.07 Å². The number of rotatable bonds is 4. The van der Waals surface area contributed by atoms with E-state index in [1.165, 1.54) is 17.5 Å². The Morgan fingerprint density at radius 3 is 2.88 bits per heavy atom. The van der Waals surface area contributed by atoms with Gasteiger partial charge in [0.15, 0.2) is 0 Å². The highest BCUT2D eigenvalue weighted by Crippen LogP contribution is 2.36. The van der Waals surface area contributed by atoms with Gasteiger partial charge in [0.05, 0.1) is 7.11 Å². The minimum atomic E-state index is 0.344. The van der Waals surface area contributed by atoms with Gasteiger partial charge in [-0.15, -0.1) is 0 Å². The van der Waals surface area contributed by atoms with Crippen molar-refractivity contribution in [2.24, 2.45) is 0 Å². The molecule has 1 aliphatic carbocycles. The number of hydrogen-bond acceptors (Lipinski definition) is 4. The third-order valence-electron chi connectivity index (χ3n) is 6.39. The van der Waals surface area contributed by atoms with Gasteiger partial charge in [-0.3, -0.25) is 9.69 Å². The fourth-order valence-electron chi connectivity index (χ4n) is 4.88. The number of nitrogens with one attached hydrogen (secondary N) is 1. The van der Waals surface area contributed by atoms with Crippen molar-refractivity contribution in [2.45, 2.75) is 44.1 Å². The molecule has 2 atom stereocenters. The zero-order valence-corrected chi connectivity index (χ0v) is 15.9. The van der Waals surface area contributed by atoms with Crippen molar-refractivity contribution in [1.82, 2.24) is 15.1 Å². The highest BCUT2D eigenvalue weighted by Gasteiger charge is 2.32. The number of amides is 1. The Morgan fingerprint density at radius 2 is 2.08 bits per heavy atom. The topological polar surface area (TPSA) is 44.8 Å². The van der Waals surface area contributed by atoms with Crippen LogP contribution < -0.4 is 10.1 Å². The van der Waals surface area contributed by atoms with Crippen LogP contribution in [0.2, 0.25) is 0 Å². The van der Waals surface area contributed by atoms with Gasteiger partial charge in [0.25, 0.3) is 0 Å². The maximum atomic E-state index is 12.9. The van der Waals surface area contributed by atoms with Gasteiger partial charge in [0, 0.05) is 51.7 Å². The number of likely N-dealkylation sites (tertiary alicyclic amines) is 1. The molecule has 2 fully saturated rings. The van der Waals surface area contributed by atoms with E-state index in [2.05, 4.69) is 27.2 Å². The van der Waals surface area contributed by atoms with E-state index in [1.807, 2.05) is 6.07 Å². The number of ether oxygens (including phenoxy) is 1. The number of carbonyl (C=O) groups excluding carboxylic acids is 1. The van der Waals surface area contributed by atoms with E-state index in [0.29, 0.717) is 24.3 Å². The van der Waals surface area contributed by atoms with Crippen LogP contribution in [0.5, 0.6) is 5.75 Å². The van der Waals surface area contributed by atoms with Gasteiger partial charge in [-0.05, 0) is 54.9 Å². The third-order valence-corrected chi connectivity index (χ3v) is 6.39. The van der Waals surface area contributed by atoms with E-state index >= 15 is 0 Å². The highest BCUT2D eigenvalue weighted by molar-refractivity contribution is 5.77. The molecule has 5 heteroatoms. The van der Waals surface area contributed by atoms with Crippen molar-refractivity contribution in [1.29, 1.82) is 0 Å². The Balaban J connectivity index is 1.37. The van der Waals surface area contributed by atoms with Crippen molar-refractivity contribution in [2.75, 3.05) is 46.4 Å². The second-order valence-corrected chi connectivity index (χ2v) is 7.93. The molecular weight excluding hydrogens is 326 g/mol. The second-order valence-electron chi connectivity index (χ2n) is 7.93. The quantitative estimate of drug-likeness (QED) is 0.895. The molecule has 2 saturated heterocycles. The van der Waals surface area contributed by atoms with Crippen LogP contribution >= 0.6 is 0 Å². The van der Waals surface area contributed by atoms with Crippen LogP contribution in [0.15, 0.2) is 18.2 Å². The SMILES string of the molecule is COc1ccc2c(c1)CCCC2CC(=O)N1CCC(N2CCNCC2)C1. The Bertz CT molecular complexity index is 642. The lowest BCUT2D eigenvalue weighted by atomic mass is 9.81. The smallest absolute Gasteiger partial charge is 0.223 e. The van der Waals surface area contributed by atoms with Crippen LogP contribution in [-0.2, 0) is 11.2 Å². The minimum absolute atomic E-state index is 0.344. The zero-order chi connectivity index (χ0) is 17.9. The summed E-state index contributed by atoms with van der Waals surface area (Å²) in [5.41, 5.74) is 2.73. The molecule has 1 aromatic rings. The summed E-state index contributed by atoms with van der Waals surface area (Å²) in [6, 6.07) is 6.93. The molecule has 0 aromatic heterocycles. The zero-order valence-electron chi connectivity index (χ0n) is 15.9. The summed E-state index contributed by atoms with van der Waals surface area (Å²) in [6.07, 6.45) is 5.19. The number of aryl methyl sites for hydroxylation is 1. The second kappa shape index (κ2) is 7.97. The number of carbonyl (C=O) groups is 1. The number of methoxy groups -OCH3 is 1. The lowest BCUT2D eigenvalue weighted by Crippen LogP contribution is -2.49. The molecule has 26 heavy (non-hydrogen) atoms. The van der Waals surface area contributed by atoms with Crippen molar-refractivity contribution in [3.05, 3.63) is 29.3 Å². The van der Waals surface area contributed by atoms with Crippen LogP contribution in [0.1, 0.15) is 42.7 Å². The molecule has 0 radical (unpaired) electrons. The van der Waals surface area contributed by atoms with Crippen molar-refractivity contribution in [3.8, 4) is 5.75 Å². The van der Waals surface area contributed by atoms with Crippen LogP contribution in [0.25, 0.3) is 0 Å². The molecule has 0 spiro atoms. The molecule has 2 unspecified atom stereocenters. The predicted molar refractivity (Wildman–Crippen MR) is 103 cm³/mol. The molecule has 0 saturated carbocycles. The van der Waals surface area contributed by atoms with E-state index in [0.717, 1.165) is 64.3 Å². The molecule has 3 aliphatic rings. The Morgan fingerprint density at radius 1 is 1.23 bits per heavy atom. The normalized spacial score (nSPS) is 26.6. The third kappa shape index (κ3) is 3.74. The van der Waals surface area contributed by atoms with Crippen molar-refractivity contribution in [3.63, 3.8) is 0 Å².